The molecule has 0 radical (unpaired) electrons. The third-order valence-corrected chi connectivity index (χ3v) is 14.2. The number of benzene rings is 4. The second-order valence-corrected chi connectivity index (χ2v) is 14.3. The quantitative estimate of drug-likeness (QED) is 0.195. The van der Waals surface area contributed by atoms with Crippen LogP contribution in [0.1, 0.15) is 25.7 Å². The van der Waals surface area contributed by atoms with Crippen LogP contribution in [-0.2, 0) is 0 Å². The van der Waals surface area contributed by atoms with E-state index < -0.39 is 6.60 Å². The fourth-order valence-electron chi connectivity index (χ4n) is 5.36. The van der Waals surface area contributed by atoms with Gasteiger partial charge in [0.2, 0.25) is 0 Å². The Morgan fingerprint density at radius 1 is 0.406 bits per heavy atom. The molecule has 0 nitrogen and oxygen atoms in total. The van der Waals surface area contributed by atoms with Crippen LogP contribution >= 0.6 is 15.8 Å². The van der Waals surface area contributed by atoms with Crippen molar-refractivity contribution < 1.29 is 0 Å². The molecule has 0 saturated heterocycles. The second kappa shape index (κ2) is 10.6. The second-order valence-electron chi connectivity index (χ2n) is 8.57. The summed E-state index contributed by atoms with van der Waals surface area (Å²) in [5.41, 5.74) is 0. The van der Waals surface area contributed by atoms with E-state index in [0.29, 0.717) is 0 Å². The van der Waals surface area contributed by atoms with E-state index in [2.05, 4.69) is 131 Å². The minimum absolute atomic E-state index is 1.16. The van der Waals surface area contributed by atoms with Crippen LogP contribution in [0, 0.1) is 0 Å². The first-order chi connectivity index (χ1) is 15.8. The summed E-state index contributed by atoms with van der Waals surface area (Å²) in [6.45, 7) is -2.94. The molecule has 0 heterocycles. The summed E-state index contributed by atoms with van der Waals surface area (Å²) in [7, 11) is 2.88. The zero-order valence-electron chi connectivity index (χ0n) is 18.8. The zero-order valence-corrected chi connectivity index (χ0v) is 20.9. The van der Waals surface area contributed by atoms with Crippen molar-refractivity contribution in [2.75, 3.05) is 12.3 Å². The summed E-state index contributed by atoms with van der Waals surface area (Å²) in [6.07, 6.45) is 7.42. The molecule has 0 aliphatic rings. The first kappa shape index (κ1) is 22.9. The molecule has 0 bridgehead atoms. The molecule has 0 aromatic heterocycles. The molecule has 4 aromatic rings. The van der Waals surface area contributed by atoms with Crippen LogP contribution in [-0.4, -0.2) is 12.3 Å². The molecule has 0 aliphatic carbocycles. The Morgan fingerprint density at radius 2 is 0.719 bits per heavy atom. The van der Waals surface area contributed by atoms with Gasteiger partial charge >= 0.3 is 196 Å². The summed E-state index contributed by atoms with van der Waals surface area (Å²) in [5.74, 6) is 0. The summed E-state index contributed by atoms with van der Waals surface area (Å²) in [5, 5.41) is 5.86. The topological polar surface area (TPSA) is 0 Å². The van der Waals surface area contributed by atoms with Crippen LogP contribution in [0.15, 0.2) is 121 Å². The van der Waals surface area contributed by atoms with Gasteiger partial charge in [0.25, 0.3) is 0 Å². The molecule has 2 heteroatoms. The van der Waals surface area contributed by atoms with Crippen molar-refractivity contribution in [2.24, 2.45) is 0 Å². The SMILES string of the molecule is PCCCCCCP(c1ccccc1)(c1ccccc1)(c1ccccc1)c1ccccc1. The van der Waals surface area contributed by atoms with Gasteiger partial charge in [0, 0.05) is 0 Å². The van der Waals surface area contributed by atoms with Gasteiger partial charge in [-0.1, -0.05) is 0 Å². The van der Waals surface area contributed by atoms with Crippen LogP contribution in [0.4, 0.5) is 0 Å². The Hall–Kier alpha value is -2.26. The summed E-state index contributed by atoms with van der Waals surface area (Å²) in [6, 6.07) is 45.4. The van der Waals surface area contributed by atoms with E-state index in [1.807, 2.05) is 0 Å². The predicted molar refractivity (Wildman–Crippen MR) is 149 cm³/mol. The van der Waals surface area contributed by atoms with Crippen molar-refractivity contribution in [3.63, 3.8) is 0 Å². The molecule has 4 aromatic carbocycles. The summed E-state index contributed by atoms with van der Waals surface area (Å²) < 4.78 is 0. The predicted octanol–water partition coefficient (Wildman–Crippen LogP) is 6.28. The molecule has 0 N–H and O–H groups in total. The number of hydrogen-bond donors (Lipinski definition) is 0. The average molecular weight is 457 g/mol. The Bertz CT molecular complexity index is 907. The van der Waals surface area contributed by atoms with Crippen LogP contribution in [0.5, 0.6) is 0 Å². The van der Waals surface area contributed by atoms with Gasteiger partial charge in [-0.2, -0.15) is 0 Å². The van der Waals surface area contributed by atoms with E-state index >= 15 is 0 Å². The van der Waals surface area contributed by atoms with E-state index in [1.54, 1.807) is 0 Å². The third-order valence-electron chi connectivity index (χ3n) is 6.86. The summed E-state index contributed by atoms with van der Waals surface area (Å²) in [4.78, 5) is 0. The first-order valence-corrected chi connectivity index (χ1v) is 15.0. The Balaban J connectivity index is 2.09. The van der Waals surface area contributed by atoms with Crippen LogP contribution in [0.3, 0.4) is 0 Å². The van der Waals surface area contributed by atoms with Gasteiger partial charge in [-0.3, -0.25) is 0 Å². The number of hydrogen-bond acceptors (Lipinski definition) is 0. The molecule has 0 fully saturated rings. The van der Waals surface area contributed by atoms with Gasteiger partial charge in [-0.15, -0.1) is 0 Å². The fraction of sp³-hybridized carbons (Fsp3) is 0.200. The molecule has 1 atom stereocenters. The van der Waals surface area contributed by atoms with Crippen LogP contribution in [0.2, 0.25) is 0 Å². The van der Waals surface area contributed by atoms with Crippen molar-refractivity contribution in [2.45, 2.75) is 25.7 Å². The van der Waals surface area contributed by atoms with E-state index in [0.717, 1.165) is 6.16 Å². The van der Waals surface area contributed by atoms with Gasteiger partial charge in [-0.25, -0.2) is 0 Å². The van der Waals surface area contributed by atoms with Gasteiger partial charge in [0.1, 0.15) is 0 Å². The maximum absolute atomic E-state index is 2.94. The van der Waals surface area contributed by atoms with Crippen LogP contribution in [0.25, 0.3) is 0 Å². The van der Waals surface area contributed by atoms with Gasteiger partial charge in [0.15, 0.2) is 0 Å². The van der Waals surface area contributed by atoms with Gasteiger partial charge in [0.05, 0.1) is 0 Å². The average Bonchev–Trinajstić information content (AvgIpc) is 2.89. The Labute approximate surface area is 196 Å². The molecule has 0 amide bonds. The third kappa shape index (κ3) is 3.96. The maximum atomic E-state index is 2.88. The zero-order chi connectivity index (χ0) is 22.1. The fourth-order valence-corrected chi connectivity index (χ4v) is 12.7. The van der Waals surface area contributed by atoms with Crippen molar-refractivity contribution in [1.82, 2.24) is 0 Å². The normalized spacial score (nSPS) is 12.7. The minimum atomic E-state index is -2.94. The van der Waals surface area contributed by atoms with Gasteiger partial charge < -0.3 is 0 Å². The van der Waals surface area contributed by atoms with E-state index in [4.69, 9.17) is 0 Å². The molecule has 164 valence electrons. The van der Waals surface area contributed by atoms with Crippen molar-refractivity contribution in [1.29, 1.82) is 0 Å². The molecule has 1 unspecified atom stereocenters. The van der Waals surface area contributed by atoms with Gasteiger partial charge in [-0.05, 0) is 0 Å². The molecular weight excluding hydrogens is 422 g/mol. The number of unbranched alkanes of at least 4 members (excludes halogenated alkanes) is 3. The molecule has 4 rings (SSSR count). The molecule has 0 saturated carbocycles. The standard InChI is InChI=1S/C30H34P2/c31-25-15-1-2-16-26-32(27-17-7-3-8-18-27,28-19-9-4-10-20-28,29-21-11-5-12-22-29)30-23-13-6-14-24-30/h3-14,17-24H,1-2,15-16,25-26,31H2. The van der Waals surface area contributed by atoms with E-state index in [1.165, 1.54) is 53.1 Å². The van der Waals surface area contributed by atoms with E-state index in [9.17, 15) is 0 Å². The summed E-state index contributed by atoms with van der Waals surface area (Å²) >= 11 is 0. The number of rotatable bonds is 10. The monoisotopic (exact) mass is 456 g/mol. The molecule has 0 aliphatic heterocycles. The Kier molecular flexibility index (Phi) is 7.57. The Morgan fingerprint density at radius 3 is 1.03 bits per heavy atom. The van der Waals surface area contributed by atoms with E-state index in [-0.39, 0.29) is 0 Å². The molecule has 0 spiro atoms. The van der Waals surface area contributed by atoms with Crippen molar-refractivity contribution in [3.8, 4) is 0 Å². The van der Waals surface area contributed by atoms with Crippen molar-refractivity contribution in [3.05, 3.63) is 121 Å². The van der Waals surface area contributed by atoms with Crippen molar-refractivity contribution >= 4 is 37.1 Å². The molecule has 32 heavy (non-hydrogen) atoms. The van der Waals surface area contributed by atoms with Crippen LogP contribution < -0.4 is 21.2 Å². The molecular formula is C30H34P2. The first-order valence-electron chi connectivity index (χ1n) is 11.8.